The minimum absolute atomic E-state index is 0.127. The Balaban J connectivity index is 2.32. The van der Waals surface area contributed by atoms with Crippen molar-refractivity contribution in [1.82, 2.24) is 4.90 Å². The first kappa shape index (κ1) is 7.80. The Labute approximate surface area is 79.3 Å². The summed E-state index contributed by atoms with van der Waals surface area (Å²) in [5, 5.41) is 0. The average molecular weight is 226 g/mol. The standard InChI is InChI=1S/C9H8BrNO/c10-8-4-2-1-3-7(8)9(12)11-5-6-11/h1-4H,5-6H2. The summed E-state index contributed by atoms with van der Waals surface area (Å²) in [5.41, 5.74) is 0.759. The van der Waals surface area contributed by atoms with E-state index in [1.54, 1.807) is 4.90 Å². The lowest BCUT2D eigenvalue weighted by Gasteiger charge is -2.02. The molecule has 0 aliphatic carbocycles. The Morgan fingerprint density at radius 1 is 1.33 bits per heavy atom. The molecule has 1 saturated heterocycles. The second-order valence-electron chi connectivity index (χ2n) is 2.77. The van der Waals surface area contributed by atoms with E-state index < -0.39 is 0 Å². The smallest absolute Gasteiger partial charge is 0.255 e. The Hall–Kier alpha value is -0.830. The van der Waals surface area contributed by atoms with Gasteiger partial charge in [0.15, 0.2) is 0 Å². The van der Waals surface area contributed by atoms with Gasteiger partial charge in [0, 0.05) is 17.6 Å². The second-order valence-corrected chi connectivity index (χ2v) is 3.63. The molecule has 2 nitrogen and oxygen atoms in total. The second kappa shape index (κ2) is 2.90. The highest BCUT2D eigenvalue weighted by Gasteiger charge is 2.26. The summed E-state index contributed by atoms with van der Waals surface area (Å²) in [6.07, 6.45) is 0. The largest absolute Gasteiger partial charge is 0.335 e. The lowest BCUT2D eigenvalue weighted by atomic mass is 10.2. The summed E-state index contributed by atoms with van der Waals surface area (Å²) >= 11 is 3.35. The van der Waals surface area contributed by atoms with Gasteiger partial charge >= 0.3 is 0 Å². The highest BCUT2D eigenvalue weighted by atomic mass is 79.9. The van der Waals surface area contributed by atoms with Crippen LogP contribution in [0.25, 0.3) is 0 Å². The maximum atomic E-state index is 11.5. The summed E-state index contributed by atoms with van der Waals surface area (Å²) < 4.78 is 0.877. The fourth-order valence-corrected chi connectivity index (χ4v) is 1.51. The molecule has 1 aliphatic rings. The molecule has 1 aromatic carbocycles. The molecular weight excluding hydrogens is 218 g/mol. The third kappa shape index (κ3) is 1.37. The van der Waals surface area contributed by atoms with E-state index in [1.807, 2.05) is 24.3 Å². The number of hydrogen-bond donors (Lipinski definition) is 0. The SMILES string of the molecule is O=C(c1ccccc1Br)N1CC1. The molecule has 0 spiro atoms. The van der Waals surface area contributed by atoms with Crippen LogP contribution in [0.1, 0.15) is 10.4 Å². The zero-order valence-corrected chi connectivity index (χ0v) is 8.04. The molecule has 0 N–H and O–H groups in total. The van der Waals surface area contributed by atoms with Crippen LogP contribution >= 0.6 is 15.9 Å². The Bertz CT molecular complexity index is 320. The summed E-state index contributed by atoms with van der Waals surface area (Å²) in [6.45, 7) is 1.81. The molecule has 62 valence electrons. The normalized spacial score (nSPS) is 14.6. The molecule has 1 fully saturated rings. The first-order chi connectivity index (χ1) is 5.79. The number of carbonyl (C=O) groups is 1. The van der Waals surface area contributed by atoms with E-state index in [-0.39, 0.29) is 5.91 Å². The molecule has 3 heteroatoms. The molecule has 2 rings (SSSR count). The maximum absolute atomic E-state index is 11.5. The zero-order chi connectivity index (χ0) is 8.55. The number of hydrogen-bond acceptors (Lipinski definition) is 1. The van der Waals surface area contributed by atoms with Gasteiger partial charge in [0.25, 0.3) is 5.91 Å². The molecule has 0 unspecified atom stereocenters. The van der Waals surface area contributed by atoms with Crippen molar-refractivity contribution < 1.29 is 4.79 Å². The topological polar surface area (TPSA) is 20.1 Å². The van der Waals surface area contributed by atoms with Gasteiger partial charge in [0.2, 0.25) is 0 Å². The van der Waals surface area contributed by atoms with Gasteiger partial charge in [-0.3, -0.25) is 4.79 Å². The number of carbonyl (C=O) groups excluding carboxylic acids is 1. The van der Waals surface area contributed by atoms with Crippen LogP contribution in [0, 0.1) is 0 Å². The number of benzene rings is 1. The van der Waals surface area contributed by atoms with E-state index in [9.17, 15) is 4.79 Å². The lowest BCUT2D eigenvalue weighted by molar-refractivity contribution is 0.0884. The van der Waals surface area contributed by atoms with Crippen LogP contribution in [-0.4, -0.2) is 23.9 Å². The molecule has 0 aromatic heterocycles. The van der Waals surface area contributed by atoms with E-state index >= 15 is 0 Å². The molecule has 12 heavy (non-hydrogen) atoms. The third-order valence-electron chi connectivity index (χ3n) is 1.84. The predicted octanol–water partition coefficient (Wildman–Crippen LogP) is 1.90. The van der Waals surface area contributed by atoms with Crippen molar-refractivity contribution >= 4 is 21.8 Å². The van der Waals surface area contributed by atoms with Crippen LogP contribution in [0.2, 0.25) is 0 Å². The van der Waals surface area contributed by atoms with Gasteiger partial charge in [0.05, 0.1) is 5.56 Å². The van der Waals surface area contributed by atoms with Crippen LogP contribution in [0.4, 0.5) is 0 Å². The van der Waals surface area contributed by atoms with Gasteiger partial charge in [-0.15, -0.1) is 0 Å². The summed E-state index contributed by atoms with van der Waals surface area (Å²) in [7, 11) is 0. The third-order valence-corrected chi connectivity index (χ3v) is 2.53. The molecule has 1 heterocycles. The first-order valence-corrected chi connectivity index (χ1v) is 4.62. The number of nitrogens with zero attached hydrogens (tertiary/aromatic N) is 1. The van der Waals surface area contributed by atoms with E-state index in [1.165, 1.54) is 0 Å². The summed E-state index contributed by atoms with van der Waals surface area (Å²) in [4.78, 5) is 13.3. The van der Waals surface area contributed by atoms with Gasteiger partial charge in [-0.2, -0.15) is 0 Å². The molecule has 0 saturated carbocycles. The van der Waals surface area contributed by atoms with Crippen molar-refractivity contribution in [2.75, 3.05) is 13.1 Å². The fraction of sp³-hybridized carbons (Fsp3) is 0.222. The monoisotopic (exact) mass is 225 g/mol. The highest BCUT2D eigenvalue weighted by Crippen LogP contribution is 2.20. The summed E-state index contributed by atoms with van der Waals surface area (Å²) in [6, 6.07) is 7.51. The van der Waals surface area contributed by atoms with Gasteiger partial charge in [-0.25, -0.2) is 0 Å². The van der Waals surface area contributed by atoms with Crippen LogP contribution < -0.4 is 0 Å². The Kier molecular flexibility index (Phi) is 1.89. The van der Waals surface area contributed by atoms with Crippen LogP contribution in [0.3, 0.4) is 0 Å². The van der Waals surface area contributed by atoms with E-state index in [0.29, 0.717) is 0 Å². The van der Waals surface area contributed by atoms with Gasteiger partial charge < -0.3 is 4.90 Å². The molecular formula is C9H8BrNO. The lowest BCUT2D eigenvalue weighted by Crippen LogP contribution is -2.10. The van der Waals surface area contributed by atoms with Crippen LogP contribution in [-0.2, 0) is 0 Å². The Morgan fingerprint density at radius 2 is 2.00 bits per heavy atom. The molecule has 0 bridgehead atoms. The summed E-state index contributed by atoms with van der Waals surface area (Å²) in [5.74, 6) is 0.127. The highest BCUT2D eigenvalue weighted by molar-refractivity contribution is 9.10. The van der Waals surface area contributed by atoms with Crippen molar-refractivity contribution in [2.45, 2.75) is 0 Å². The molecule has 1 amide bonds. The molecule has 1 aromatic rings. The van der Waals surface area contributed by atoms with Crippen LogP contribution in [0.5, 0.6) is 0 Å². The zero-order valence-electron chi connectivity index (χ0n) is 6.46. The van der Waals surface area contributed by atoms with E-state index in [4.69, 9.17) is 0 Å². The van der Waals surface area contributed by atoms with Gasteiger partial charge in [0.1, 0.15) is 0 Å². The van der Waals surface area contributed by atoms with Crippen molar-refractivity contribution in [2.24, 2.45) is 0 Å². The predicted molar refractivity (Wildman–Crippen MR) is 50.0 cm³/mol. The fourth-order valence-electron chi connectivity index (χ4n) is 1.06. The van der Waals surface area contributed by atoms with Crippen molar-refractivity contribution in [1.29, 1.82) is 0 Å². The van der Waals surface area contributed by atoms with E-state index in [0.717, 1.165) is 23.1 Å². The van der Waals surface area contributed by atoms with Crippen molar-refractivity contribution in [3.63, 3.8) is 0 Å². The van der Waals surface area contributed by atoms with Gasteiger partial charge in [-0.05, 0) is 28.1 Å². The van der Waals surface area contributed by atoms with Crippen molar-refractivity contribution in [3.05, 3.63) is 34.3 Å². The number of rotatable bonds is 1. The minimum Gasteiger partial charge on any atom is -0.335 e. The minimum atomic E-state index is 0.127. The molecule has 0 atom stereocenters. The molecule has 1 aliphatic heterocycles. The number of amides is 1. The molecule has 0 radical (unpaired) electrons. The first-order valence-electron chi connectivity index (χ1n) is 3.83. The van der Waals surface area contributed by atoms with E-state index in [2.05, 4.69) is 15.9 Å². The van der Waals surface area contributed by atoms with Crippen LogP contribution in [0.15, 0.2) is 28.7 Å². The quantitative estimate of drug-likeness (QED) is 0.669. The Morgan fingerprint density at radius 3 is 2.58 bits per heavy atom. The average Bonchev–Trinajstić information content (AvgIpc) is 2.86. The van der Waals surface area contributed by atoms with Crippen molar-refractivity contribution in [3.8, 4) is 0 Å². The maximum Gasteiger partial charge on any atom is 0.255 e. The van der Waals surface area contributed by atoms with Gasteiger partial charge in [-0.1, -0.05) is 12.1 Å². The number of halogens is 1.